The van der Waals surface area contributed by atoms with E-state index < -0.39 is 5.91 Å². The number of nitrogens with two attached hydrogens (primary N) is 1. The molecule has 3 rings (SSSR count). The Morgan fingerprint density at radius 1 is 1.29 bits per heavy atom. The first kappa shape index (κ1) is 19.9. The predicted molar refractivity (Wildman–Crippen MR) is 110 cm³/mol. The lowest BCUT2D eigenvalue weighted by Crippen LogP contribution is -2.20. The molecule has 146 valence electrons. The van der Waals surface area contributed by atoms with E-state index in [0.29, 0.717) is 23.7 Å². The number of nitriles is 1. The highest BCUT2D eigenvalue weighted by molar-refractivity contribution is 7.16. The number of aliphatic imine (C=N–C) groups is 1. The second-order valence-corrected chi connectivity index (χ2v) is 7.59. The molecule has 0 atom stereocenters. The molecule has 0 fully saturated rings. The molecule has 0 radical (unpaired) electrons. The Bertz CT molecular complexity index is 928. The van der Waals surface area contributed by atoms with Gasteiger partial charge in [0.25, 0.3) is 5.91 Å². The molecular weight excluding hydrogens is 374 g/mol. The van der Waals surface area contributed by atoms with Crippen molar-refractivity contribution in [2.24, 2.45) is 10.7 Å². The van der Waals surface area contributed by atoms with Crippen LogP contribution in [0.15, 0.2) is 23.2 Å². The van der Waals surface area contributed by atoms with Gasteiger partial charge in [0.2, 0.25) is 0 Å². The van der Waals surface area contributed by atoms with Crippen LogP contribution in [0.25, 0.3) is 0 Å². The zero-order valence-electron chi connectivity index (χ0n) is 15.9. The largest absolute Gasteiger partial charge is 0.490 e. The van der Waals surface area contributed by atoms with Gasteiger partial charge >= 0.3 is 0 Å². The molecule has 7 heteroatoms. The molecule has 2 aromatic rings. The van der Waals surface area contributed by atoms with Crippen molar-refractivity contribution in [2.75, 3.05) is 13.2 Å². The Morgan fingerprint density at radius 3 is 2.86 bits per heavy atom. The number of hydrogen-bond donors (Lipinski definition) is 1. The maximum atomic E-state index is 10.9. The maximum absolute atomic E-state index is 10.9. The molecule has 1 amide bonds. The molecule has 0 unspecified atom stereocenters. The van der Waals surface area contributed by atoms with Crippen molar-refractivity contribution in [3.8, 4) is 17.6 Å². The SMILES string of the molecule is CCOc1cc(/C=N/c2sc3c(c2C#N)CCCCC3)ccc1OCC(N)=O. The number of thiophene rings is 1. The number of amides is 1. The van der Waals surface area contributed by atoms with Crippen LogP contribution < -0.4 is 15.2 Å². The van der Waals surface area contributed by atoms with Gasteiger partial charge in [0.05, 0.1) is 12.2 Å². The third-order valence-corrected chi connectivity index (χ3v) is 5.68. The molecule has 0 aliphatic heterocycles. The van der Waals surface area contributed by atoms with Crippen LogP contribution in [0.3, 0.4) is 0 Å². The summed E-state index contributed by atoms with van der Waals surface area (Å²) in [5.41, 5.74) is 7.85. The summed E-state index contributed by atoms with van der Waals surface area (Å²) in [5, 5.41) is 10.4. The highest BCUT2D eigenvalue weighted by atomic mass is 32.1. The smallest absolute Gasteiger partial charge is 0.255 e. The Hall–Kier alpha value is -2.85. The Labute approximate surface area is 168 Å². The molecular formula is C21H23N3O3S. The van der Waals surface area contributed by atoms with E-state index in [-0.39, 0.29) is 6.61 Å². The molecule has 0 saturated heterocycles. The van der Waals surface area contributed by atoms with Gasteiger partial charge in [-0.3, -0.25) is 4.79 Å². The summed E-state index contributed by atoms with van der Waals surface area (Å²) in [6.45, 7) is 2.13. The average Bonchev–Trinajstić information content (AvgIpc) is 2.85. The van der Waals surface area contributed by atoms with E-state index in [1.807, 2.05) is 13.0 Å². The van der Waals surface area contributed by atoms with Crippen LogP contribution in [0.2, 0.25) is 0 Å². The number of hydrogen-bond acceptors (Lipinski definition) is 6. The highest BCUT2D eigenvalue weighted by Gasteiger charge is 2.19. The molecule has 1 aliphatic carbocycles. The number of carbonyl (C=O) groups excluding carboxylic acids is 1. The summed E-state index contributed by atoms with van der Waals surface area (Å²) in [4.78, 5) is 16.8. The van der Waals surface area contributed by atoms with E-state index >= 15 is 0 Å². The van der Waals surface area contributed by atoms with Crippen LogP contribution in [0.1, 0.15) is 47.8 Å². The second kappa shape index (κ2) is 9.38. The lowest BCUT2D eigenvalue weighted by Gasteiger charge is -2.11. The molecule has 6 nitrogen and oxygen atoms in total. The molecule has 2 N–H and O–H groups in total. The minimum atomic E-state index is -0.547. The van der Waals surface area contributed by atoms with Crippen molar-refractivity contribution in [3.63, 3.8) is 0 Å². The number of benzene rings is 1. The van der Waals surface area contributed by atoms with Crippen LogP contribution >= 0.6 is 11.3 Å². The minimum absolute atomic E-state index is 0.209. The Kier molecular flexibility index (Phi) is 6.66. The first-order valence-corrected chi connectivity index (χ1v) is 10.2. The monoisotopic (exact) mass is 397 g/mol. The number of rotatable bonds is 7. The first-order chi connectivity index (χ1) is 13.6. The Morgan fingerprint density at radius 2 is 2.11 bits per heavy atom. The fourth-order valence-corrected chi connectivity index (χ4v) is 4.39. The summed E-state index contributed by atoms with van der Waals surface area (Å²) in [5.74, 6) is 0.433. The van der Waals surface area contributed by atoms with Crippen molar-refractivity contribution < 1.29 is 14.3 Å². The van der Waals surface area contributed by atoms with Gasteiger partial charge in [-0.05, 0) is 61.9 Å². The number of nitrogens with zero attached hydrogens (tertiary/aromatic N) is 2. The van der Waals surface area contributed by atoms with Crippen molar-refractivity contribution in [2.45, 2.75) is 39.0 Å². The van der Waals surface area contributed by atoms with Gasteiger partial charge in [-0.1, -0.05) is 6.42 Å². The molecule has 0 bridgehead atoms. The number of primary amides is 1. The van der Waals surface area contributed by atoms with Crippen LogP contribution in [-0.4, -0.2) is 25.3 Å². The van der Waals surface area contributed by atoms with E-state index in [9.17, 15) is 10.1 Å². The topological polar surface area (TPSA) is 97.7 Å². The van der Waals surface area contributed by atoms with Gasteiger partial charge in [-0.15, -0.1) is 11.3 Å². The van der Waals surface area contributed by atoms with Gasteiger partial charge in [0.1, 0.15) is 11.1 Å². The van der Waals surface area contributed by atoms with Gasteiger partial charge in [-0.2, -0.15) is 5.26 Å². The number of ether oxygens (including phenoxy) is 2. The van der Waals surface area contributed by atoms with Crippen molar-refractivity contribution in [1.29, 1.82) is 5.26 Å². The fourth-order valence-electron chi connectivity index (χ4n) is 3.21. The maximum Gasteiger partial charge on any atom is 0.255 e. The van der Waals surface area contributed by atoms with E-state index in [2.05, 4.69) is 11.1 Å². The average molecular weight is 398 g/mol. The van der Waals surface area contributed by atoms with Crippen molar-refractivity contribution >= 4 is 28.5 Å². The third-order valence-electron chi connectivity index (χ3n) is 4.48. The molecule has 1 heterocycles. The zero-order chi connectivity index (χ0) is 19.9. The van der Waals surface area contributed by atoms with E-state index in [4.69, 9.17) is 15.2 Å². The van der Waals surface area contributed by atoms with Crippen LogP contribution in [-0.2, 0) is 17.6 Å². The molecule has 0 saturated carbocycles. The fraction of sp³-hybridized carbons (Fsp3) is 0.381. The molecule has 1 aromatic carbocycles. The van der Waals surface area contributed by atoms with E-state index in [1.165, 1.54) is 23.3 Å². The molecule has 0 spiro atoms. The molecule has 28 heavy (non-hydrogen) atoms. The number of aryl methyl sites for hydroxylation is 1. The normalized spacial score (nSPS) is 13.6. The highest BCUT2D eigenvalue weighted by Crippen LogP contribution is 2.38. The lowest BCUT2D eigenvalue weighted by atomic mass is 10.1. The van der Waals surface area contributed by atoms with Gasteiger partial charge in [0.15, 0.2) is 18.1 Å². The van der Waals surface area contributed by atoms with E-state index in [1.54, 1.807) is 29.7 Å². The standard InChI is InChI=1S/C21H23N3O3S/c1-2-26-18-10-14(8-9-17(18)27-13-20(23)25)12-24-21-16(11-22)15-6-4-3-5-7-19(15)28-21/h8-10,12H,2-7,13H2,1H3,(H2,23,25)/b24-12+. The van der Waals surface area contributed by atoms with Crippen molar-refractivity contribution in [3.05, 3.63) is 39.8 Å². The quantitative estimate of drug-likeness (QED) is 0.566. The Balaban J connectivity index is 1.85. The number of fused-ring (bicyclic) bond motifs is 1. The number of carbonyl (C=O) groups is 1. The summed E-state index contributed by atoms with van der Waals surface area (Å²) in [7, 11) is 0. The predicted octanol–water partition coefficient (Wildman–Crippen LogP) is 3.90. The summed E-state index contributed by atoms with van der Waals surface area (Å²) < 4.78 is 11.0. The van der Waals surface area contributed by atoms with E-state index in [0.717, 1.165) is 29.8 Å². The van der Waals surface area contributed by atoms with Crippen LogP contribution in [0.5, 0.6) is 11.5 Å². The first-order valence-electron chi connectivity index (χ1n) is 9.39. The van der Waals surface area contributed by atoms with Gasteiger partial charge in [-0.25, -0.2) is 4.99 Å². The van der Waals surface area contributed by atoms with Gasteiger partial charge in [0, 0.05) is 11.1 Å². The van der Waals surface area contributed by atoms with Crippen molar-refractivity contribution in [1.82, 2.24) is 0 Å². The molecule has 1 aliphatic rings. The summed E-state index contributed by atoms with van der Waals surface area (Å²) in [6.07, 6.45) is 7.24. The second-order valence-electron chi connectivity index (χ2n) is 6.51. The zero-order valence-corrected chi connectivity index (χ0v) is 16.7. The minimum Gasteiger partial charge on any atom is -0.490 e. The third kappa shape index (κ3) is 4.70. The lowest BCUT2D eigenvalue weighted by molar-refractivity contribution is -0.119. The van der Waals surface area contributed by atoms with Gasteiger partial charge < -0.3 is 15.2 Å². The summed E-state index contributed by atoms with van der Waals surface area (Å²) >= 11 is 1.62. The summed E-state index contributed by atoms with van der Waals surface area (Å²) in [6, 6.07) is 7.70. The molecule has 1 aromatic heterocycles. The van der Waals surface area contributed by atoms with Crippen LogP contribution in [0.4, 0.5) is 5.00 Å². The van der Waals surface area contributed by atoms with Crippen LogP contribution in [0, 0.1) is 11.3 Å².